The van der Waals surface area contributed by atoms with Crippen LogP contribution in [0.15, 0.2) is 28.7 Å². The van der Waals surface area contributed by atoms with E-state index in [1.54, 1.807) is 4.90 Å². The fourth-order valence-corrected chi connectivity index (χ4v) is 2.33. The van der Waals surface area contributed by atoms with Gasteiger partial charge in [0.15, 0.2) is 0 Å². The van der Waals surface area contributed by atoms with Crippen molar-refractivity contribution in [1.82, 2.24) is 4.90 Å². The maximum atomic E-state index is 12.2. The number of halogens is 1. The average molecular weight is 328 g/mol. The number of benzene rings is 1. The van der Waals surface area contributed by atoms with E-state index in [0.29, 0.717) is 13.0 Å². The third-order valence-electron chi connectivity index (χ3n) is 3.20. The zero-order valence-electron chi connectivity index (χ0n) is 11.8. The number of nitrogens with zero attached hydrogens (tertiary/aromatic N) is 1. The minimum absolute atomic E-state index is 0.0105. The van der Waals surface area contributed by atoms with Crippen LogP contribution < -0.4 is 0 Å². The Morgan fingerprint density at radius 2 is 1.84 bits per heavy atom. The molecule has 1 unspecified atom stereocenters. The Morgan fingerprint density at radius 3 is 2.32 bits per heavy atom. The number of rotatable bonds is 6. The highest BCUT2D eigenvalue weighted by molar-refractivity contribution is 9.10. The molecule has 0 radical (unpaired) electrons. The zero-order chi connectivity index (χ0) is 14.4. The molecule has 1 N–H and O–H groups in total. The van der Waals surface area contributed by atoms with Gasteiger partial charge in [0.2, 0.25) is 5.91 Å². The fourth-order valence-electron chi connectivity index (χ4n) is 2.07. The third kappa shape index (κ3) is 4.96. The standard InChI is InChI=1S/C15H22BrNO2/c1-11(2)17(8-9-18)15(19)10-12(3)13-4-6-14(16)7-5-13/h4-7,11-12,18H,8-10H2,1-3H3. The summed E-state index contributed by atoms with van der Waals surface area (Å²) in [6, 6.07) is 8.17. The van der Waals surface area contributed by atoms with Crippen molar-refractivity contribution in [3.8, 4) is 0 Å². The van der Waals surface area contributed by atoms with E-state index in [1.807, 2.05) is 38.1 Å². The van der Waals surface area contributed by atoms with Crippen LogP contribution in [0.4, 0.5) is 0 Å². The molecule has 0 spiro atoms. The van der Waals surface area contributed by atoms with Gasteiger partial charge in [0.05, 0.1) is 6.61 Å². The number of hydrogen-bond donors (Lipinski definition) is 1. The van der Waals surface area contributed by atoms with E-state index in [9.17, 15) is 4.79 Å². The van der Waals surface area contributed by atoms with E-state index in [4.69, 9.17) is 5.11 Å². The highest BCUT2D eigenvalue weighted by Crippen LogP contribution is 2.22. The predicted octanol–water partition coefficient (Wildman–Crippen LogP) is 3.17. The molecule has 106 valence electrons. The predicted molar refractivity (Wildman–Crippen MR) is 81.1 cm³/mol. The van der Waals surface area contributed by atoms with E-state index in [2.05, 4.69) is 22.9 Å². The zero-order valence-corrected chi connectivity index (χ0v) is 13.4. The van der Waals surface area contributed by atoms with Gasteiger partial charge in [0, 0.05) is 23.5 Å². The first-order valence-electron chi connectivity index (χ1n) is 6.61. The Bertz CT molecular complexity index is 403. The molecule has 1 rings (SSSR count). The molecule has 4 heteroatoms. The van der Waals surface area contributed by atoms with Gasteiger partial charge in [-0.2, -0.15) is 0 Å². The summed E-state index contributed by atoms with van der Waals surface area (Å²) in [7, 11) is 0. The molecule has 1 aromatic carbocycles. The molecule has 3 nitrogen and oxygen atoms in total. The number of aliphatic hydroxyl groups excluding tert-OH is 1. The van der Waals surface area contributed by atoms with Gasteiger partial charge in [0.1, 0.15) is 0 Å². The van der Waals surface area contributed by atoms with Crippen molar-refractivity contribution in [2.75, 3.05) is 13.2 Å². The monoisotopic (exact) mass is 327 g/mol. The highest BCUT2D eigenvalue weighted by Gasteiger charge is 2.19. The summed E-state index contributed by atoms with van der Waals surface area (Å²) >= 11 is 3.41. The molecule has 0 bridgehead atoms. The molecule has 0 aliphatic heterocycles. The highest BCUT2D eigenvalue weighted by atomic mass is 79.9. The lowest BCUT2D eigenvalue weighted by atomic mass is 9.97. The summed E-state index contributed by atoms with van der Waals surface area (Å²) in [6.07, 6.45) is 0.472. The second kappa shape index (κ2) is 7.65. The number of carbonyl (C=O) groups excluding carboxylic acids is 1. The average Bonchev–Trinajstić information content (AvgIpc) is 2.36. The van der Waals surface area contributed by atoms with Crippen LogP contribution in [0.25, 0.3) is 0 Å². The molecular formula is C15H22BrNO2. The second-order valence-corrected chi connectivity index (χ2v) is 5.98. The van der Waals surface area contributed by atoms with Crippen molar-refractivity contribution < 1.29 is 9.90 Å². The summed E-state index contributed by atoms with van der Waals surface area (Å²) in [5, 5.41) is 9.02. The lowest BCUT2D eigenvalue weighted by molar-refractivity contribution is -0.133. The largest absolute Gasteiger partial charge is 0.395 e. The smallest absolute Gasteiger partial charge is 0.223 e. The number of hydrogen-bond acceptors (Lipinski definition) is 2. The van der Waals surface area contributed by atoms with Crippen molar-refractivity contribution in [1.29, 1.82) is 0 Å². The van der Waals surface area contributed by atoms with Gasteiger partial charge in [-0.15, -0.1) is 0 Å². The van der Waals surface area contributed by atoms with Crippen LogP contribution in [0.1, 0.15) is 38.7 Å². The molecule has 0 heterocycles. The van der Waals surface area contributed by atoms with Gasteiger partial charge in [-0.05, 0) is 37.5 Å². The maximum Gasteiger partial charge on any atom is 0.223 e. The van der Waals surface area contributed by atoms with Crippen LogP contribution in [0, 0.1) is 0 Å². The fraction of sp³-hybridized carbons (Fsp3) is 0.533. The van der Waals surface area contributed by atoms with E-state index in [1.165, 1.54) is 0 Å². The number of carbonyl (C=O) groups is 1. The number of amides is 1. The normalized spacial score (nSPS) is 12.5. The molecule has 0 saturated carbocycles. The SMILES string of the molecule is CC(CC(=O)N(CCO)C(C)C)c1ccc(Br)cc1. The summed E-state index contributed by atoms with van der Waals surface area (Å²) in [5.74, 6) is 0.278. The minimum atomic E-state index is 0.0105. The van der Waals surface area contributed by atoms with Gasteiger partial charge in [-0.3, -0.25) is 4.79 Å². The van der Waals surface area contributed by atoms with Crippen LogP contribution in [0.2, 0.25) is 0 Å². The summed E-state index contributed by atoms with van der Waals surface area (Å²) < 4.78 is 1.04. The van der Waals surface area contributed by atoms with E-state index in [0.717, 1.165) is 10.0 Å². The van der Waals surface area contributed by atoms with Crippen molar-refractivity contribution in [2.24, 2.45) is 0 Å². The second-order valence-electron chi connectivity index (χ2n) is 5.06. The van der Waals surface area contributed by atoms with Crippen molar-refractivity contribution in [2.45, 2.75) is 39.2 Å². The summed E-state index contributed by atoms with van der Waals surface area (Å²) in [4.78, 5) is 14.0. The Kier molecular flexibility index (Phi) is 6.52. The lowest BCUT2D eigenvalue weighted by Crippen LogP contribution is -2.39. The van der Waals surface area contributed by atoms with Crippen LogP contribution in [0.3, 0.4) is 0 Å². The van der Waals surface area contributed by atoms with Crippen LogP contribution in [0.5, 0.6) is 0 Å². The first kappa shape index (κ1) is 16.2. The Hall–Kier alpha value is -0.870. The molecule has 1 amide bonds. The third-order valence-corrected chi connectivity index (χ3v) is 3.73. The maximum absolute atomic E-state index is 12.2. The first-order valence-corrected chi connectivity index (χ1v) is 7.40. The molecule has 1 atom stereocenters. The van der Waals surface area contributed by atoms with Gasteiger partial charge in [-0.1, -0.05) is 35.0 Å². The van der Waals surface area contributed by atoms with Gasteiger partial charge >= 0.3 is 0 Å². The molecule has 0 aliphatic carbocycles. The van der Waals surface area contributed by atoms with Crippen molar-refractivity contribution >= 4 is 21.8 Å². The molecule has 1 aromatic rings. The van der Waals surface area contributed by atoms with E-state index in [-0.39, 0.29) is 24.5 Å². The van der Waals surface area contributed by atoms with Crippen LogP contribution >= 0.6 is 15.9 Å². The Balaban J connectivity index is 2.67. The summed E-state index contributed by atoms with van der Waals surface area (Å²) in [5.41, 5.74) is 1.16. The molecule has 0 saturated heterocycles. The van der Waals surface area contributed by atoms with Crippen LogP contribution in [-0.4, -0.2) is 35.1 Å². The molecule has 0 aliphatic rings. The van der Waals surface area contributed by atoms with Crippen molar-refractivity contribution in [3.63, 3.8) is 0 Å². The molecular weight excluding hydrogens is 306 g/mol. The molecule has 0 fully saturated rings. The van der Waals surface area contributed by atoms with Crippen molar-refractivity contribution in [3.05, 3.63) is 34.3 Å². The van der Waals surface area contributed by atoms with E-state index >= 15 is 0 Å². The van der Waals surface area contributed by atoms with Crippen LogP contribution in [-0.2, 0) is 4.79 Å². The topological polar surface area (TPSA) is 40.5 Å². The first-order chi connectivity index (χ1) is 8.95. The Morgan fingerprint density at radius 1 is 1.26 bits per heavy atom. The van der Waals surface area contributed by atoms with Gasteiger partial charge in [0.25, 0.3) is 0 Å². The Labute approximate surface area is 123 Å². The quantitative estimate of drug-likeness (QED) is 0.871. The molecule has 19 heavy (non-hydrogen) atoms. The van der Waals surface area contributed by atoms with E-state index < -0.39 is 0 Å². The lowest BCUT2D eigenvalue weighted by Gasteiger charge is -2.27. The van der Waals surface area contributed by atoms with Gasteiger partial charge < -0.3 is 10.0 Å². The number of aliphatic hydroxyl groups is 1. The summed E-state index contributed by atoms with van der Waals surface area (Å²) in [6.45, 7) is 6.41. The van der Waals surface area contributed by atoms with Gasteiger partial charge in [-0.25, -0.2) is 0 Å². The minimum Gasteiger partial charge on any atom is -0.395 e. The molecule has 0 aromatic heterocycles.